The van der Waals surface area contributed by atoms with Crippen LogP contribution in [-0.4, -0.2) is 44.7 Å². The van der Waals surface area contributed by atoms with Gasteiger partial charge in [0.1, 0.15) is 0 Å². The third-order valence-corrected chi connectivity index (χ3v) is 3.59. The van der Waals surface area contributed by atoms with E-state index in [1.165, 1.54) is 6.92 Å². The van der Waals surface area contributed by atoms with Crippen LogP contribution in [0, 0.1) is 0 Å². The first-order valence-electron chi connectivity index (χ1n) is 6.54. The highest BCUT2D eigenvalue weighted by molar-refractivity contribution is 7.80. The zero-order valence-electron chi connectivity index (χ0n) is 11.8. The van der Waals surface area contributed by atoms with Crippen molar-refractivity contribution in [1.29, 1.82) is 0 Å². The lowest BCUT2D eigenvalue weighted by Crippen LogP contribution is -2.48. The number of phosphoric acid groups is 1. The largest absolute Gasteiger partial charge is 0.480 e. The normalized spacial score (nSPS) is 14.5. The van der Waals surface area contributed by atoms with Gasteiger partial charge in [-0.3, -0.25) is 9.32 Å². The lowest BCUT2D eigenvalue weighted by Gasteiger charge is -2.21. The summed E-state index contributed by atoms with van der Waals surface area (Å²) in [5, 5.41) is 11.2. The number of nitrogens with one attached hydrogen (secondary N) is 1. The number of carbonyl (C=O) groups is 2. The van der Waals surface area contributed by atoms with Crippen LogP contribution in [0.1, 0.15) is 39.0 Å². The maximum absolute atomic E-state index is 11.6. The van der Waals surface area contributed by atoms with Crippen LogP contribution in [0.15, 0.2) is 0 Å². The number of rotatable bonds is 11. The second kappa shape index (κ2) is 10.2. The summed E-state index contributed by atoms with van der Waals surface area (Å²) in [5.41, 5.74) is 0. The summed E-state index contributed by atoms with van der Waals surface area (Å²) in [6, 6.07) is -1.51. The minimum absolute atomic E-state index is 0.152. The molecule has 4 N–H and O–H groups in total. The molecule has 0 heterocycles. The lowest BCUT2D eigenvalue weighted by molar-refractivity contribution is -0.144. The number of amides is 1. The molecule has 0 saturated heterocycles. The highest BCUT2D eigenvalue weighted by Gasteiger charge is 2.31. The number of carboxylic acids is 1. The molecule has 21 heavy (non-hydrogen) atoms. The van der Waals surface area contributed by atoms with Crippen LogP contribution in [0.25, 0.3) is 0 Å². The van der Waals surface area contributed by atoms with E-state index in [1.54, 1.807) is 0 Å². The molecule has 0 aromatic rings. The average Bonchev–Trinajstić information content (AvgIpc) is 2.33. The fourth-order valence-electron chi connectivity index (χ4n) is 1.65. The van der Waals surface area contributed by atoms with Crippen molar-refractivity contribution in [2.24, 2.45) is 0 Å². The second-order valence-corrected chi connectivity index (χ2v) is 6.21. The van der Waals surface area contributed by atoms with Crippen LogP contribution in [0.2, 0.25) is 0 Å². The lowest BCUT2D eigenvalue weighted by atomic mass is 10.1. The van der Waals surface area contributed by atoms with Crippen LogP contribution in [0.4, 0.5) is 0 Å². The van der Waals surface area contributed by atoms with E-state index in [9.17, 15) is 14.2 Å². The summed E-state index contributed by atoms with van der Waals surface area (Å²) in [5.74, 6) is -1.13. The number of aliphatic carboxylic acids is 1. The van der Waals surface area contributed by atoms with Gasteiger partial charge in [-0.15, -0.1) is 0 Å². The number of hydrogen-bond acceptors (Lipinski definition) is 5. The van der Waals surface area contributed by atoms with E-state index in [4.69, 9.17) is 14.9 Å². The standard InChI is InChI=1S/C11H22NO7PS/c1-8(19-20(16,17)18)10(11(14)15)12-9(13)6-4-2-3-5-7-21/h8,10,21H,2-7H2,1H3,(H,12,13)(H,14,15)(H2,16,17,18). The molecule has 0 spiro atoms. The first-order valence-corrected chi connectivity index (χ1v) is 8.70. The number of unbranched alkanes of at least 4 members (excludes halogenated alkanes) is 3. The molecule has 1 amide bonds. The van der Waals surface area contributed by atoms with Crippen molar-refractivity contribution in [3.63, 3.8) is 0 Å². The third-order valence-electron chi connectivity index (χ3n) is 2.67. The first-order chi connectivity index (χ1) is 9.67. The molecule has 0 fully saturated rings. The van der Waals surface area contributed by atoms with Crippen LogP contribution in [0.5, 0.6) is 0 Å². The quantitative estimate of drug-likeness (QED) is 0.214. The van der Waals surface area contributed by atoms with E-state index in [1.807, 2.05) is 0 Å². The Hall–Kier alpha value is -0.600. The first kappa shape index (κ1) is 20.4. The molecule has 0 aromatic heterocycles. The summed E-state index contributed by atoms with van der Waals surface area (Å²) in [4.78, 5) is 40.0. The Bertz CT molecular complexity index is 387. The van der Waals surface area contributed by atoms with E-state index >= 15 is 0 Å². The summed E-state index contributed by atoms with van der Waals surface area (Å²) >= 11 is 4.07. The second-order valence-electron chi connectivity index (χ2n) is 4.57. The van der Waals surface area contributed by atoms with Crippen LogP contribution >= 0.6 is 20.5 Å². The van der Waals surface area contributed by atoms with Gasteiger partial charge in [0.2, 0.25) is 5.91 Å². The number of thiol groups is 1. The Morgan fingerprint density at radius 3 is 2.29 bits per heavy atom. The molecule has 124 valence electrons. The molecular formula is C11H22NO7PS. The van der Waals surface area contributed by atoms with Gasteiger partial charge in [0.05, 0.1) is 6.10 Å². The maximum atomic E-state index is 11.6. The van der Waals surface area contributed by atoms with Crippen molar-refractivity contribution < 1.29 is 33.6 Å². The Labute approximate surface area is 128 Å². The van der Waals surface area contributed by atoms with Crippen molar-refractivity contribution >= 4 is 32.3 Å². The number of carbonyl (C=O) groups excluding carboxylic acids is 1. The van der Waals surface area contributed by atoms with Gasteiger partial charge in [-0.05, 0) is 25.5 Å². The SMILES string of the molecule is CC(OP(=O)(O)O)C(NC(=O)CCCCCCS)C(=O)O. The Balaban J connectivity index is 4.28. The van der Waals surface area contributed by atoms with Gasteiger partial charge in [-0.2, -0.15) is 12.6 Å². The molecule has 2 unspecified atom stereocenters. The van der Waals surface area contributed by atoms with E-state index in [-0.39, 0.29) is 6.42 Å². The molecule has 0 bridgehead atoms. The Kier molecular flexibility index (Phi) is 9.89. The van der Waals surface area contributed by atoms with E-state index in [2.05, 4.69) is 22.5 Å². The van der Waals surface area contributed by atoms with Crippen LogP contribution < -0.4 is 5.32 Å². The zero-order valence-corrected chi connectivity index (χ0v) is 13.6. The predicted octanol–water partition coefficient (Wildman–Crippen LogP) is 0.934. The predicted molar refractivity (Wildman–Crippen MR) is 79.1 cm³/mol. The van der Waals surface area contributed by atoms with E-state index in [0.717, 1.165) is 25.0 Å². The van der Waals surface area contributed by atoms with E-state index in [0.29, 0.717) is 6.42 Å². The monoisotopic (exact) mass is 343 g/mol. The molecule has 0 radical (unpaired) electrons. The van der Waals surface area contributed by atoms with E-state index < -0.39 is 31.8 Å². The summed E-state index contributed by atoms with van der Waals surface area (Å²) in [6.07, 6.45) is 2.14. The van der Waals surface area contributed by atoms with Crippen molar-refractivity contribution in [2.75, 3.05) is 5.75 Å². The minimum Gasteiger partial charge on any atom is -0.480 e. The molecule has 10 heteroatoms. The van der Waals surface area contributed by atoms with Gasteiger partial charge in [-0.1, -0.05) is 12.8 Å². The average molecular weight is 343 g/mol. The van der Waals surface area contributed by atoms with Gasteiger partial charge < -0.3 is 20.2 Å². The smallest absolute Gasteiger partial charge is 0.469 e. The summed E-state index contributed by atoms with van der Waals surface area (Å²) in [6.45, 7) is 1.17. The fourth-order valence-corrected chi connectivity index (χ4v) is 2.43. The number of hydrogen-bond donors (Lipinski definition) is 5. The Morgan fingerprint density at radius 2 is 1.81 bits per heavy atom. The molecule has 8 nitrogen and oxygen atoms in total. The molecular weight excluding hydrogens is 321 g/mol. The van der Waals surface area contributed by atoms with Gasteiger partial charge in [0.15, 0.2) is 6.04 Å². The van der Waals surface area contributed by atoms with Crippen molar-refractivity contribution in [2.45, 2.75) is 51.2 Å². The maximum Gasteiger partial charge on any atom is 0.469 e. The highest BCUT2D eigenvalue weighted by Crippen LogP contribution is 2.38. The summed E-state index contributed by atoms with van der Waals surface area (Å²) in [7, 11) is -4.81. The number of carboxylic acid groups (broad SMARTS) is 1. The fraction of sp³-hybridized carbons (Fsp3) is 0.818. The molecule has 2 atom stereocenters. The van der Waals surface area contributed by atoms with Gasteiger partial charge in [0, 0.05) is 6.42 Å². The Morgan fingerprint density at radius 1 is 1.24 bits per heavy atom. The molecule has 0 saturated carbocycles. The van der Waals surface area contributed by atoms with Crippen molar-refractivity contribution in [1.82, 2.24) is 5.32 Å². The molecule has 0 aliphatic carbocycles. The van der Waals surface area contributed by atoms with Crippen molar-refractivity contribution in [3.8, 4) is 0 Å². The highest BCUT2D eigenvalue weighted by atomic mass is 32.1. The topological polar surface area (TPSA) is 133 Å². The number of phosphoric ester groups is 1. The minimum atomic E-state index is -4.81. The third kappa shape index (κ3) is 10.7. The van der Waals surface area contributed by atoms with Crippen LogP contribution in [0.3, 0.4) is 0 Å². The van der Waals surface area contributed by atoms with Crippen LogP contribution in [-0.2, 0) is 18.7 Å². The molecule has 0 aromatic carbocycles. The van der Waals surface area contributed by atoms with Gasteiger partial charge in [0.25, 0.3) is 0 Å². The molecule has 0 aliphatic rings. The molecule has 0 rings (SSSR count). The van der Waals surface area contributed by atoms with Crippen molar-refractivity contribution in [3.05, 3.63) is 0 Å². The zero-order chi connectivity index (χ0) is 16.5. The van der Waals surface area contributed by atoms with Gasteiger partial charge >= 0.3 is 13.8 Å². The van der Waals surface area contributed by atoms with Gasteiger partial charge in [-0.25, -0.2) is 9.36 Å². The molecule has 0 aliphatic heterocycles. The summed E-state index contributed by atoms with van der Waals surface area (Å²) < 4.78 is 15.0.